The lowest BCUT2D eigenvalue weighted by molar-refractivity contribution is -0.123. The van der Waals surface area contributed by atoms with Crippen LogP contribution in [0.1, 0.15) is 84.0 Å². The van der Waals surface area contributed by atoms with Gasteiger partial charge in [-0.2, -0.15) is 0 Å². The van der Waals surface area contributed by atoms with Gasteiger partial charge in [-0.3, -0.25) is 9.32 Å². The fourth-order valence-electron chi connectivity index (χ4n) is 2.56. The van der Waals surface area contributed by atoms with E-state index in [9.17, 15) is 9.36 Å². The highest BCUT2D eigenvalue weighted by Crippen LogP contribution is 2.35. The third-order valence-corrected chi connectivity index (χ3v) is 4.57. The van der Waals surface area contributed by atoms with Crippen molar-refractivity contribution >= 4 is 13.7 Å². The van der Waals surface area contributed by atoms with Crippen LogP contribution in [-0.4, -0.2) is 34.9 Å². The van der Waals surface area contributed by atoms with Crippen molar-refractivity contribution in [1.29, 1.82) is 0 Å². The first kappa shape index (κ1) is 24.5. The van der Waals surface area contributed by atoms with E-state index >= 15 is 0 Å². The number of hydrogen-bond acceptors (Lipinski definition) is 4. The largest absolute Gasteiger partial charge is 0.469 e. The Morgan fingerprint density at radius 3 is 1.84 bits per heavy atom. The van der Waals surface area contributed by atoms with E-state index in [0.29, 0.717) is 6.54 Å². The summed E-state index contributed by atoms with van der Waals surface area (Å²) >= 11 is 0. The highest BCUT2D eigenvalue weighted by molar-refractivity contribution is 7.46. The van der Waals surface area contributed by atoms with E-state index in [0.717, 1.165) is 12.8 Å². The van der Waals surface area contributed by atoms with Crippen LogP contribution in [0.15, 0.2) is 0 Å². The van der Waals surface area contributed by atoms with Crippen LogP contribution in [0.2, 0.25) is 0 Å². The van der Waals surface area contributed by atoms with Gasteiger partial charge in [0.2, 0.25) is 5.91 Å². The highest BCUT2D eigenvalue weighted by atomic mass is 31.2. The Bertz CT molecular complexity index is 376. The summed E-state index contributed by atoms with van der Waals surface area (Å²) in [6, 6.07) is -1.06. The minimum Gasteiger partial charge on any atom is -0.355 e. The third kappa shape index (κ3) is 18.1. The smallest absolute Gasteiger partial charge is 0.355 e. The van der Waals surface area contributed by atoms with Crippen LogP contribution in [0.4, 0.5) is 0 Å². The molecule has 0 aromatic heterocycles. The minimum absolute atomic E-state index is 0.448. The van der Waals surface area contributed by atoms with Gasteiger partial charge in [-0.15, -0.1) is 0 Å². The van der Waals surface area contributed by atoms with Crippen molar-refractivity contribution in [2.24, 2.45) is 5.73 Å². The standard InChI is InChI=1S/C17H37N2O5P/c1-2-3-4-5-6-7-8-9-10-11-12-13-14-19-17(20)16(18)15-24-25(21,22)23/h16H,2-15,18H2,1H3,(H,19,20)(H2,21,22,23)/t16-/m0/s1. The summed E-state index contributed by atoms with van der Waals surface area (Å²) in [5.74, 6) is -0.448. The normalized spacial score (nSPS) is 13.0. The number of amides is 1. The number of phosphoric ester groups is 1. The zero-order chi connectivity index (χ0) is 19.0. The molecule has 0 radical (unpaired) electrons. The molecule has 0 rings (SSSR count). The molecule has 0 saturated carbocycles. The molecule has 1 amide bonds. The van der Waals surface area contributed by atoms with E-state index in [2.05, 4.69) is 16.8 Å². The summed E-state index contributed by atoms with van der Waals surface area (Å²) in [5, 5.41) is 2.66. The molecular formula is C17H37N2O5P. The zero-order valence-electron chi connectivity index (χ0n) is 15.6. The van der Waals surface area contributed by atoms with Crippen LogP contribution < -0.4 is 11.1 Å². The van der Waals surface area contributed by atoms with Crippen LogP contribution >= 0.6 is 7.82 Å². The molecular weight excluding hydrogens is 343 g/mol. The maximum absolute atomic E-state index is 11.6. The molecule has 0 spiro atoms. The van der Waals surface area contributed by atoms with E-state index in [1.165, 1.54) is 64.2 Å². The van der Waals surface area contributed by atoms with E-state index in [1.54, 1.807) is 0 Å². The van der Waals surface area contributed by atoms with Gasteiger partial charge in [0.15, 0.2) is 0 Å². The van der Waals surface area contributed by atoms with E-state index < -0.39 is 26.4 Å². The van der Waals surface area contributed by atoms with Gasteiger partial charge < -0.3 is 20.8 Å². The van der Waals surface area contributed by atoms with Gasteiger partial charge in [-0.05, 0) is 6.42 Å². The Morgan fingerprint density at radius 1 is 0.960 bits per heavy atom. The highest BCUT2D eigenvalue weighted by Gasteiger charge is 2.20. The number of nitrogens with two attached hydrogens (primary N) is 1. The second kappa shape index (κ2) is 15.8. The molecule has 0 aliphatic carbocycles. The summed E-state index contributed by atoms with van der Waals surface area (Å²) in [6.45, 7) is 2.27. The number of carbonyl (C=O) groups is 1. The van der Waals surface area contributed by atoms with Crippen molar-refractivity contribution in [3.8, 4) is 0 Å². The first-order chi connectivity index (χ1) is 11.9. The number of unbranched alkanes of at least 4 members (excludes halogenated alkanes) is 11. The number of nitrogens with one attached hydrogen (secondary N) is 1. The van der Waals surface area contributed by atoms with Crippen molar-refractivity contribution in [3.05, 3.63) is 0 Å². The maximum atomic E-state index is 11.6. The van der Waals surface area contributed by atoms with Gasteiger partial charge in [0.1, 0.15) is 6.04 Å². The number of rotatable bonds is 17. The van der Waals surface area contributed by atoms with Gasteiger partial charge in [0, 0.05) is 6.54 Å². The van der Waals surface area contributed by atoms with Crippen molar-refractivity contribution in [2.75, 3.05) is 13.2 Å². The Balaban J connectivity index is 3.35. The molecule has 0 aromatic carbocycles. The fourth-order valence-corrected chi connectivity index (χ4v) is 2.92. The van der Waals surface area contributed by atoms with Gasteiger partial charge >= 0.3 is 7.82 Å². The predicted octanol–water partition coefficient (Wildman–Crippen LogP) is 3.24. The molecule has 0 aliphatic heterocycles. The van der Waals surface area contributed by atoms with Crippen molar-refractivity contribution in [3.63, 3.8) is 0 Å². The van der Waals surface area contributed by atoms with Crippen molar-refractivity contribution in [2.45, 2.75) is 90.0 Å². The SMILES string of the molecule is CCCCCCCCCCCCCCNC(=O)[C@@H](N)COP(=O)(O)O. The first-order valence-corrected chi connectivity index (χ1v) is 11.1. The second-order valence-corrected chi connectivity index (χ2v) is 7.81. The van der Waals surface area contributed by atoms with Crippen molar-refractivity contribution in [1.82, 2.24) is 5.32 Å². The van der Waals surface area contributed by atoms with Gasteiger partial charge in [0.25, 0.3) is 0 Å². The maximum Gasteiger partial charge on any atom is 0.469 e. The molecule has 150 valence electrons. The van der Waals surface area contributed by atoms with Gasteiger partial charge in [0.05, 0.1) is 6.61 Å². The summed E-state index contributed by atoms with van der Waals surface area (Å²) in [5.41, 5.74) is 5.49. The molecule has 1 atom stereocenters. The molecule has 0 saturated heterocycles. The summed E-state index contributed by atoms with van der Waals surface area (Å²) < 4.78 is 14.7. The average molecular weight is 380 g/mol. The molecule has 7 nitrogen and oxygen atoms in total. The Labute approximate surface area is 152 Å². The Kier molecular flexibility index (Phi) is 15.5. The molecule has 0 bridgehead atoms. The number of hydrogen-bond donors (Lipinski definition) is 4. The molecule has 8 heteroatoms. The topological polar surface area (TPSA) is 122 Å². The second-order valence-electron chi connectivity index (χ2n) is 6.57. The first-order valence-electron chi connectivity index (χ1n) is 9.60. The molecule has 0 fully saturated rings. The van der Waals surface area contributed by atoms with Crippen LogP contribution in [0.3, 0.4) is 0 Å². The Morgan fingerprint density at radius 2 is 1.40 bits per heavy atom. The average Bonchev–Trinajstić information content (AvgIpc) is 2.56. The van der Waals surface area contributed by atoms with E-state index in [1.807, 2.05) is 0 Å². The van der Waals surface area contributed by atoms with Crippen LogP contribution in [0.25, 0.3) is 0 Å². The lowest BCUT2D eigenvalue weighted by Gasteiger charge is -2.12. The molecule has 0 unspecified atom stereocenters. The van der Waals surface area contributed by atoms with E-state index in [4.69, 9.17) is 15.5 Å². The lowest BCUT2D eigenvalue weighted by atomic mass is 10.1. The fraction of sp³-hybridized carbons (Fsp3) is 0.941. The third-order valence-electron chi connectivity index (χ3n) is 4.09. The molecule has 0 aromatic rings. The van der Waals surface area contributed by atoms with Gasteiger partial charge in [-0.25, -0.2) is 4.57 Å². The number of phosphoric acid groups is 1. The molecule has 5 N–H and O–H groups in total. The van der Waals surface area contributed by atoms with Gasteiger partial charge in [-0.1, -0.05) is 77.6 Å². The molecule has 0 aliphatic rings. The van der Waals surface area contributed by atoms with Crippen LogP contribution in [-0.2, 0) is 13.9 Å². The summed E-state index contributed by atoms with van der Waals surface area (Å²) in [6.07, 6.45) is 15.0. The molecule has 25 heavy (non-hydrogen) atoms. The Hall–Kier alpha value is -0.460. The molecule has 0 heterocycles. The predicted molar refractivity (Wildman–Crippen MR) is 100 cm³/mol. The monoisotopic (exact) mass is 380 g/mol. The minimum atomic E-state index is -4.58. The van der Waals surface area contributed by atoms with Crippen molar-refractivity contribution < 1.29 is 23.7 Å². The summed E-state index contributed by atoms with van der Waals surface area (Å²) in [7, 11) is -4.58. The summed E-state index contributed by atoms with van der Waals surface area (Å²) in [4.78, 5) is 28.7. The lowest BCUT2D eigenvalue weighted by Crippen LogP contribution is -2.43. The van der Waals surface area contributed by atoms with E-state index in [-0.39, 0.29) is 0 Å². The van der Waals surface area contributed by atoms with Crippen LogP contribution in [0, 0.1) is 0 Å². The zero-order valence-corrected chi connectivity index (χ0v) is 16.5. The van der Waals surface area contributed by atoms with Crippen LogP contribution in [0.5, 0.6) is 0 Å². The number of carbonyl (C=O) groups excluding carboxylic acids is 1. The quantitative estimate of drug-likeness (QED) is 0.227.